The molecule has 32 heavy (non-hydrogen) atoms. The van der Waals surface area contributed by atoms with Gasteiger partial charge in [0, 0.05) is 16.5 Å². The summed E-state index contributed by atoms with van der Waals surface area (Å²) in [6.45, 7) is 2.21. The Morgan fingerprint density at radius 1 is 0.938 bits per heavy atom. The average molecular weight is 451 g/mol. The molecular weight excluding hydrogens is 424 g/mol. The van der Waals surface area contributed by atoms with Crippen LogP contribution in [0.2, 0.25) is 5.02 Å². The summed E-state index contributed by atoms with van der Waals surface area (Å²) in [5.41, 5.74) is 5.51. The molecule has 0 saturated carbocycles. The smallest absolute Gasteiger partial charge is 0.306 e. The Bertz CT molecular complexity index is 1120. The van der Waals surface area contributed by atoms with Gasteiger partial charge in [-0.2, -0.15) is 0 Å². The Morgan fingerprint density at radius 3 is 2.44 bits per heavy atom. The van der Waals surface area contributed by atoms with Crippen molar-refractivity contribution < 1.29 is 19.0 Å². The third-order valence-corrected chi connectivity index (χ3v) is 6.36. The van der Waals surface area contributed by atoms with Crippen LogP contribution in [0.1, 0.15) is 48.3 Å². The van der Waals surface area contributed by atoms with Gasteiger partial charge in [-0.3, -0.25) is 4.79 Å². The van der Waals surface area contributed by atoms with Crippen molar-refractivity contribution in [2.75, 3.05) is 20.8 Å². The van der Waals surface area contributed by atoms with Crippen molar-refractivity contribution in [1.82, 2.24) is 0 Å². The molecule has 0 aliphatic heterocycles. The highest BCUT2D eigenvalue weighted by molar-refractivity contribution is 6.30. The fraction of sp³-hybridized carbons (Fsp3) is 0.296. The number of rotatable bonds is 6. The van der Waals surface area contributed by atoms with Crippen molar-refractivity contribution in [2.24, 2.45) is 0 Å². The van der Waals surface area contributed by atoms with E-state index in [2.05, 4.69) is 24.3 Å². The van der Waals surface area contributed by atoms with Crippen molar-refractivity contribution >= 4 is 17.6 Å². The van der Waals surface area contributed by atoms with E-state index in [1.165, 1.54) is 0 Å². The lowest BCUT2D eigenvalue weighted by Gasteiger charge is -2.25. The number of hydrogen-bond donors (Lipinski definition) is 0. The van der Waals surface area contributed by atoms with Gasteiger partial charge in [-0.15, -0.1) is 0 Å². The zero-order chi connectivity index (χ0) is 22.7. The van der Waals surface area contributed by atoms with E-state index in [1.54, 1.807) is 14.2 Å². The highest BCUT2D eigenvalue weighted by Crippen LogP contribution is 2.50. The number of carbonyl (C=O) groups is 1. The van der Waals surface area contributed by atoms with E-state index in [1.807, 2.05) is 43.3 Å². The lowest BCUT2D eigenvalue weighted by molar-refractivity contribution is -0.143. The van der Waals surface area contributed by atoms with E-state index >= 15 is 0 Å². The van der Waals surface area contributed by atoms with E-state index in [9.17, 15) is 4.79 Å². The number of halogens is 1. The van der Waals surface area contributed by atoms with Crippen LogP contribution in [0.25, 0.3) is 11.1 Å². The predicted octanol–water partition coefficient (Wildman–Crippen LogP) is 6.60. The van der Waals surface area contributed by atoms with Gasteiger partial charge in [-0.1, -0.05) is 54.1 Å². The summed E-state index contributed by atoms with van der Waals surface area (Å²) < 4.78 is 16.7. The van der Waals surface area contributed by atoms with Crippen LogP contribution in [0.3, 0.4) is 0 Å². The molecule has 4 rings (SSSR count). The fourth-order valence-electron chi connectivity index (χ4n) is 4.80. The third kappa shape index (κ3) is 4.20. The Kier molecular flexibility index (Phi) is 6.71. The molecule has 5 heteroatoms. The average Bonchev–Trinajstić information content (AvgIpc) is 2.93. The van der Waals surface area contributed by atoms with Crippen molar-refractivity contribution in [2.45, 2.75) is 31.6 Å². The van der Waals surface area contributed by atoms with E-state index in [0.717, 1.165) is 27.8 Å². The maximum atomic E-state index is 12.5. The minimum absolute atomic E-state index is 0.0164. The van der Waals surface area contributed by atoms with Crippen molar-refractivity contribution in [1.29, 1.82) is 0 Å². The number of benzene rings is 3. The molecule has 0 fully saturated rings. The topological polar surface area (TPSA) is 44.8 Å². The van der Waals surface area contributed by atoms with Gasteiger partial charge in [-0.25, -0.2) is 0 Å². The van der Waals surface area contributed by atoms with Gasteiger partial charge < -0.3 is 14.2 Å². The molecule has 0 spiro atoms. The molecule has 0 N–H and O–H groups in total. The first kappa shape index (κ1) is 22.2. The Labute approximate surface area is 194 Å². The summed E-state index contributed by atoms with van der Waals surface area (Å²) in [6, 6.07) is 20.2. The highest BCUT2D eigenvalue weighted by atomic mass is 35.5. The summed E-state index contributed by atoms with van der Waals surface area (Å²) >= 11 is 6.47. The van der Waals surface area contributed by atoms with Gasteiger partial charge >= 0.3 is 5.97 Å². The number of carbonyl (C=O) groups excluding carboxylic acids is 1. The molecule has 0 heterocycles. The molecule has 1 aliphatic rings. The van der Waals surface area contributed by atoms with Crippen molar-refractivity contribution in [3.63, 3.8) is 0 Å². The van der Waals surface area contributed by atoms with E-state index in [4.69, 9.17) is 25.8 Å². The second kappa shape index (κ2) is 9.66. The molecule has 0 radical (unpaired) electrons. The van der Waals surface area contributed by atoms with Crippen LogP contribution < -0.4 is 9.47 Å². The van der Waals surface area contributed by atoms with Gasteiger partial charge in [0.15, 0.2) is 11.5 Å². The summed E-state index contributed by atoms with van der Waals surface area (Å²) in [5.74, 6) is 1.13. The van der Waals surface area contributed by atoms with Crippen LogP contribution in [-0.2, 0) is 9.53 Å². The number of hydrogen-bond acceptors (Lipinski definition) is 4. The summed E-state index contributed by atoms with van der Waals surface area (Å²) in [6.07, 6.45) is 1.03. The SMILES string of the molecule is CCOC(=O)C[C@@H]1C[C@H](c2cccc(OC)c2OC)c2cc(Cl)ccc2-c2ccccc21. The minimum Gasteiger partial charge on any atom is -0.493 e. The van der Waals surface area contributed by atoms with Crippen molar-refractivity contribution in [3.05, 3.63) is 82.4 Å². The molecule has 4 nitrogen and oxygen atoms in total. The van der Waals surface area contributed by atoms with Gasteiger partial charge in [-0.05, 0) is 59.7 Å². The Hall–Kier alpha value is -2.98. The van der Waals surface area contributed by atoms with Gasteiger partial charge in [0.25, 0.3) is 0 Å². The molecule has 0 saturated heterocycles. The molecule has 2 atom stereocenters. The summed E-state index contributed by atoms with van der Waals surface area (Å²) in [7, 11) is 3.29. The van der Waals surface area contributed by atoms with E-state index in [-0.39, 0.29) is 17.8 Å². The molecule has 1 aliphatic carbocycles. The highest BCUT2D eigenvalue weighted by Gasteiger charge is 2.33. The fourth-order valence-corrected chi connectivity index (χ4v) is 4.98. The zero-order valence-corrected chi connectivity index (χ0v) is 19.3. The third-order valence-electron chi connectivity index (χ3n) is 6.13. The quantitative estimate of drug-likeness (QED) is 0.397. The van der Waals surface area contributed by atoms with Crippen molar-refractivity contribution in [3.8, 4) is 22.6 Å². The van der Waals surface area contributed by atoms with Gasteiger partial charge in [0.1, 0.15) is 0 Å². The summed E-state index contributed by atoms with van der Waals surface area (Å²) in [4.78, 5) is 12.5. The number of fused-ring (bicyclic) bond motifs is 3. The standard InChI is InChI=1S/C27H27ClO4/c1-4-32-26(29)15-17-14-23(22-10-7-11-25(30-2)27(22)31-3)24-16-18(28)12-13-21(24)20-9-6-5-8-19(17)20/h5-13,16-17,23H,4,14-15H2,1-3H3/t17-,23+/m0/s1. The molecule has 3 aromatic rings. The first-order valence-corrected chi connectivity index (χ1v) is 11.2. The van der Waals surface area contributed by atoms with Crippen LogP contribution in [0.15, 0.2) is 60.7 Å². The molecule has 166 valence electrons. The molecule has 3 aromatic carbocycles. The van der Waals surface area contributed by atoms with Gasteiger partial charge in [0.05, 0.1) is 27.2 Å². The monoisotopic (exact) mass is 450 g/mol. The number of ether oxygens (including phenoxy) is 3. The molecule has 0 aromatic heterocycles. The van der Waals surface area contributed by atoms with Crippen LogP contribution in [0.5, 0.6) is 11.5 Å². The Morgan fingerprint density at radius 2 is 1.69 bits per heavy atom. The second-order valence-electron chi connectivity index (χ2n) is 7.90. The maximum absolute atomic E-state index is 12.5. The van der Waals surface area contributed by atoms with E-state index < -0.39 is 0 Å². The molecule has 0 unspecified atom stereocenters. The van der Waals surface area contributed by atoms with Crippen LogP contribution in [0, 0.1) is 0 Å². The molecule has 0 bridgehead atoms. The number of methoxy groups -OCH3 is 2. The number of para-hydroxylation sites is 1. The van der Waals surface area contributed by atoms with Gasteiger partial charge in [0.2, 0.25) is 0 Å². The lowest BCUT2D eigenvalue weighted by atomic mass is 9.81. The minimum atomic E-state index is -0.187. The predicted molar refractivity (Wildman–Crippen MR) is 127 cm³/mol. The van der Waals surface area contributed by atoms with E-state index in [0.29, 0.717) is 36.0 Å². The number of esters is 1. The van der Waals surface area contributed by atoms with Crippen LogP contribution >= 0.6 is 11.6 Å². The second-order valence-corrected chi connectivity index (χ2v) is 8.33. The molecule has 0 amide bonds. The van der Waals surface area contributed by atoms with Crippen LogP contribution in [-0.4, -0.2) is 26.8 Å². The maximum Gasteiger partial charge on any atom is 0.306 e. The first-order chi connectivity index (χ1) is 15.6. The van der Waals surface area contributed by atoms with Crippen LogP contribution in [0.4, 0.5) is 0 Å². The lowest BCUT2D eigenvalue weighted by Crippen LogP contribution is -2.14. The zero-order valence-electron chi connectivity index (χ0n) is 18.6. The largest absolute Gasteiger partial charge is 0.493 e. The normalized spacial score (nSPS) is 17.0. The first-order valence-electron chi connectivity index (χ1n) is 10.8. The molecular formula is C27H27ClO4. The Balaban J connectivity index is 1.93. The summed E-state index contributed by atoms with van der Waals surface area (Å²) in [5, 5.41) is 0.678.